The van der Waals surface area contributed by atoms with Crippen molar-refractivity contribution in [2.45, 2.75) is 13.8 Å². The van der Waals surface area contributed by atoms with Crippen LogP contribution in [0.3, 0.4) is 0 Å². The summed E-state index contributed by atoms with van der Waals surface area (Å²) in [6, 6.07) is 0. The van der Waals surface area contributed by atoms with Crippen molar-refractivity contribution >= 4 is 0 Å². The maximum Gasteiger partial charge on any atom is 0.0558 e. The second-order valence-electron chi connectivity index (χ2n) is 2.77. The van der Waals surface area contributed by atoms with Gasteiger partial charge in [-0.05, 0) is 20.9 Å². The molecular weight excluding hydrogens is 126 g/mol. The summed E-state index contributed by atoms with van der Waals surface area (Å²) in [7, 11) is 2.00. The Hall–Kier alpha value is -0.340. The molecule has 0 aliphatic rings. The summed E-state index contributed by atoms with van der Waals surface area (Å²) in [5.41, 5.74) is 1.32. The van der Waals surface area contributed by atoms with E-state index in [1.807, 2.05) is 7.05 Å². The van der Waals surface area contributed by atoms with E-state index < -0.39 is 0 Å². The Labute approximate surface area is 63.2 Å². The number of allylic oxidation sites excluding steroid dienone is 1. The van der Waals surface area contributed by atoms with Crippen LogP contribution in [0, 0.1) is 0 Å². The minimum atomic E-state index is 0.243. The highest BCUT2D eigenvalue weighted by molar-refractivity contribution is 4.94. The first-order valence-electron chi connectivity index (χ1n) is 3.59. The molecular formula is C8H17NO. The fraction of sp³-hybridized carbons (Fsp3) is 0.750. The van der Waals surface area contributed by atoms with Crippen LogP contribution in [0.2, 0.25) is 0 Å². The van der Waals surface area contributed by atoms with Gasteiger partial charge in [0, 0.05) is 13.1 Å². The lowest BCUT2D eigenvalue weighted by Gasteiger charge is -2.11. The molecule has 10 heavy (non-hydrogen) atoms. The van der Waals surface area contributed by atoms with Gasteiger partial charge in [0.2, 0.25) is 0 Å². The summed E-state index contributed by atoms with van der Waals surface area (Å²) in [4.78, 5) is 2.08. The monoisotopic (exact) mass is 143 g/mol. The highest BCUT2D eigenvalue weighted by Gasteiger charge is 1.91. The van der Waals surface area contributed by atoms with Crippen molar-refractivity contribution in [3.63, 3.8) is 0 Å². The maximum absolute atomic E-state index is 8.54. The number of hydrogen-bond donors (Lipinski definition) is 1. The molecule has 0 atom stereocenters. The largest absolute Gasteiger partial charge is 0.395 e. The quantitative estimate of drug-likeness (QED) is 0.590. The van der Waals surface area contributed by atoms with Crippen molar-refractivity contribution < 1.29 is 5.11 Å². The van der Waals surface area contributed by atoms with Gasteiger partial charge in [0.05, 0.1) is 6.61 Å². The minimum absolute atomic E-state index is 0.243. The lowest BCUT2D eigenvalue weighted by Crippen LogP contribution is -2.22. The van der Waals surface area contributed by atoms with E-state index in [2.05, 4.69) is 24.8 Å². The van der Waals surface area contributed by atoms with Crippen LogP contribution in [0.25, 0.3) is 0 Å². The molecule has 0 saturated carbocycles. The third-order valence-electron chi connectivity index (χ3n) is 1.29. The Morgan fingerprint density at radius 3 is 2.50 bits per heavy atom. The Kier molecular flexibility index (Phi) is 5.26. The van der Waals surface area contributed by atoms with Crippen LogP contribution in [0.1, 0.15) is 13.8 Å². The molecule has 0 saturated heterocycles. The van der Waals surface area contributed by atoms with Crippen molar-refractivity contribution in [1.82, 2.24) is 4.90 Å². The van der Waals surface area contributed by atoms with E-state index in [1.54, 1.807) is 0 Å². The van der Waals surface area contributed by atoms with Gasteiger partial charge >= 0.3 is 0 Å². The zero-order chi connectivity index (χ0) is 7.98. The van der Waals surface area contributed by atoms with E-state index in [0.717, 1.165) is 13.1 Å². The van der Waals surface area contributed by atoms with E-state index in [9.17, 15) is 0 Å². The molecule has 1 N–H and O–H groups in total. The minimum Gasteiger partial charge on any atom is -0.395 e. The van der Waals surface area contributed by atoms with Crippen molar-refractivity contribution in [3.8, 4) is 0 Å². The van der Waals surface area contributed by atoms with E-state index in [-0.39, 0.29) is 6.61 Å². The third-order valence-corrected chi connectivity index (χ3v) is 1.29. The molecule has 0 aromatic rings. The molecule has 0 aromatic heterocycles. The van der Waals surface area contributed by atoms with Gasteiger partial charge in [-0.15, -0.1) is 0 Å². The maximum atomic E-state index is 8.54. The first-order valence-corrected chi connectivity index (χ1v) is 3.59. The predicted molar refractivity (Wildman–Crippen MR) is 44.0 cm³/mol. The van der Waals surface area contributed by atoms with Crippen LogP contribution in [0.15, 0.2) is 11.6 Å². The lowest BCUT2D eigenvalue weighted by molar-refractivity contribution is 0.232. The van der Waals surface area contributed by atoms with Crippen molar-refractivity contribution in [2.75, 3.05) is 26.7 Å². The van der Waals surface area contributed by atoms with Crippen LogP contribution in [-0.4, -0.2) is 36.8 Å². The molecule has 0 heterocycles. The number of aliphatic hydroxyl groups excluding tert-OH is 1. The van der Waals surface area contributed by atoms with Gasteiger partial charge in [0.25, 0.3) is 0 Å². The fourth-order valence-corrected chi connectivity index (χ4v) is 0.600. The zero-order valence-corrected chi connectivity index (χ0v) is 7.09. The standard InChI is InChI=1S/C8H17NO/c1-8(2)4-5-9(3)6-7-10/h4,10H,5-7H2,1-3H3. The van der Waals surface area contributed by atoms with Crippen molar-refractivity contribution in [1.29, 1.82) is 0 Å². The molecule has 0 aromatic carbocycles. The Morgan fingerprint density at radius 2 is 2.10 bits per heavy atom. The normalized spacial score (nSPS) is 10.1. The molecule has 0 rings (SSSR count). The molecule has 2 heteroatoms. The summed E-state index contributed by atoms with van der Waals surface area (Å²) < 4.78 is 0. The summed E-state index contributed by atoms with van der Waals surface area (Å²) in [5.74, 6) is 0. The molecule has 0 spiro atoms. The number of hydrogen-bond acceptors (Lipinski definition) is 2. The van der Waals surface area contributed by atoms with Gasteiger partial charge < -0.3 is 10.0 Å². The van der Waals surface area contributed by atoms with Gasteiger partial charge in [-0.1, -0.05) is 11.6 Å². The highest BCUT2D eigenvalue weighted by atomic mass is 16.3. The van der Waals surface area contributed by atoms with Crippen LogP contribution in [0.4, 0.5) is 0 Å². The third kappa shape index (κ3) is 5.79. The predicted octanol–water partition coefficient (Wildman–Crippen LogP) is 0.877. The van der Waals surface area contributed by atoms with Crippen molar-refractivity contribution in [2.24, 2.45) is 0 Å². The van der Waals surface area contributed by atoms with E-state index in [4.69, 9.17) is 5.11 Å². The van der Waals surface area contributed by atoms with Crippen LogP contribution in [-0.2, 0) is 0 Å². The molecule has 0 aliphatic heterocycles. The van der Waals surface area contributed by atoms with Gasteiger partial charge in [0.15, 0.2) is 0 Å². The zero-order valence-electron chi connectivity index (χ0n) is 7.09. The summed E-state index contributed by atoms with van der Waals surface area (Å²) in [6.45, 7) is 6.08. The second-order valence-corrected chi connectivity index (χ2v) is 2.77. The number of likely N-dealkylation sites (N-methyl/N-ethyl adjacent to an activating group) is 1. The van der Waals surface area contributed by atoms with Gasteiger partial charge in [0.1, 0.15) is 0 Å². The van der Waals surface area contributed by atoms with Gasteiger partial charge in [-0.2, -0.15) is 0 Å². The second kappa shape index (κ2) is 5.45. The molecule has 0 unspecified atom stereocenters. The molecule has 0 bridgehead atoms. The number of rotatable bonds is 4. The van der Waals surface area contributed by atoms with E-state index in [0.29, 0.717) is 0 Å². The molecule has 2 nitrogen and oxygen atoms in total. The van der Waals surface area contributed by atoms with E-state index >= 15 is 0 Å². The number of nitrogens with zero attached hydrogens (tertiary/aromatic N) is 1. The lowest BCUT2D eigenvalue weighted by atomic mass is 10.3. The molecule has 60 valence electrons. The average molecular weight is 143 g/mol. The number of aliphatic hydroxyl groups is 1. The first kappa shape index (κ1) is 9.66. The smallest absolute Gasteiger partial charge is 0.0558 e. The van der Waals surface area contributed by atoms with Crippen LogP contribution < -0.4 is 0 Å². The van der Waals surface area contributed by atoms with Crippen molar-refractivity contribution in [3.05, 3.63) is 11.6 Å². The Bertz CT molecular complexity index is 106. The molecule has 0 aliphatic carbocycles. The fourth-order valence-electron chi connectivity index (χ4n) is 0.600. The topological polar surface area (TPSA) is 23.5 Å². The Balaban J connectivity index is 3.38. The average Bonchev–Trinajstić information content (AvgIpc) is 1.85. The summed E-state index contributed by atoms with van der Waals surface area (Å²) in [5, 5.41) is 8.54. The van der Waals surface area contributed by atoms with Gasteiger partial charge in [-0.25, -0.2) is 0 Å². The molecule has 0 fully saturated rings. The van der Waals surface area contributed by atoms with E-state index in [1.165, 1.54) is 5.57 Å². The summed E-state index contributed by atoms with van der Waals surface area (Å²) in [6.07, 6.45) is 2.15. The first-order chi connectivity index (χ1) is 4.66. The Morgan fingerprint density at radius 1 is 1.50 bits per heavy atom. The summed E-state index contributed by atoms with van der Waals surface area (Å²) >= 11 is 0. The highest BCUT2D eigenvalue weighted by Crippen LogP contribution is 1.89. The molecule has 0 amide bonds. The SMILES string of the molecule is CC(C)=CCN(C)CCO. The molecule has 0 radical (unpaired) electrons. The van der Waals surface area contributed by atoms with Crippen LogP contribution in [0.5, 0.6) is 0 Å². The van der Waals surface area contributed by atoms with Gasteiger partial charge in [-0.3, -0.25) is 0 Å². The van der Waals surface area contributed by atoms with Crippen LogP contribution >= 0.6 is 0 Å².